The molecule has 0 saturated heterocycles. The lowest BCUT2D eigenvalue weighted by Crippen LogP contribution is -2.07. The van der Waals surface area contributed by atoms with E-state index in [4.69, 9.17) is 11.6 Å². The van der Waals surface area contributed by atoms with Gasteiger partial charge in [0.2, 0.25) is 0 Å². The van der Waals surface area contributed by atoms with Crippen LogP contribution in [0.1, 0.15) is 0 Å². The zero-order chi connectivity index (χ0) is 9.14. The highest BCUT2D eigenvalue weighted by molar-refractivity contribution is 5.65. The van der Waals surface area contributed by atoms with Crippen LogP contribution in [0.25, 0.3) is 0 Å². The molecule has 1 rings (SSSR count). The highest BCUT2D eigenvalue weighted by atomic mass is 16.6. The molecule has 5 N–H and O–H groups in total. The number of nitrogens with two attached hydrogens (primary N) is 2. The fraction of sp³-hybridized carbons (Fsp3) is 0. The van der Waals surface area contributed by atoms with Crippen LogP contribution in [0, 0.1) is 10.1 Å². The molecule has 1 aromatic rings. The summed E-state index contributed by atoms with van der Waals surface area (Å²) in [6.07, 6.45) is 0. The standard InChI is InChI=1S/C6H8N4O2/c7-5-2-1-4(9-8)3-6(5)10(11)12/h1-3,9H,7-8H2. The average Bonchev–Trinajstić information content (AvgIpc) is 2.05. The van der Waals surface area contributed by atoms with Crippen LogP contribution in [0.3, 0.4) is 0 Å². The quantitative estimate of drug-likeness (QED) is 0.257. The summed E-state index contributed by atoms with van der Waals surface area (Å²) in [5.74, 6) is 5.06. The van der Waals surface area contributed by atoms with E-state index in [1.807, 2.05) is 0 Å². The molecule has 0 aliphatic heterocycles. The molecule has 0 unspecified atom stereocenters. The van der Waals surface area contributed by atoms with E-state index in [2.05, 4.69) is 5.43 Å². The first kappa shape index (κ1) is 8.28. The molecule has 0 aliphatic rings. The van der Waals surface area contributed by atoms with Gasteiger partial charge in [0.1, 0.15) is 5.69 Å². The van der Waals surface area contributed by atoms with Gasteiger partial charge in [-0.1, -0.05) is 0 Å². The van der Waals surface area contributed by atoms with Crippen molar-refractivity contribution in [2.75, 3.05) is 11.2 Å². The van der Waals surface area contributed by atoms with E-state index in [1.165, 1.54) is 12.1 Å². The summed E-state index contributed by atoms with van der Waals surface area (Å²) in [7, 11) is 0. The Hall–Kier alpha value is -1.82. The number of nitrogens with one attached hydrogen (secondary N) is 1. The molecule has 12 heavy (non-hydrogen) atoms. The minimum Gasteiger partial charge on any atom is -0.393 e. The fourth-order valence-corrected chi connectivity index (χ4v) is 0.792. The van der Waals surface area contributed by atoms with Crippen molar-refractivity contribution < 1.29 is 4.92 Å². The zero-order valence-corrected chi connectivity index (χ0v) is 6.15. The third kappa shape index (κ3) is 1.43. The number of nitrogen functional groups attached to an aromatic ring is 2. The summed E-state index contributed by atoms with van der Waals surface area (Å²) < 4.78 is 0. The Morgan fingerprint density at radius 1 is 1.50 bits per heavy atom. The van der Waals surface area contributed by atoms with Gasteiger partial charge < -0.3 is 11.2 Å². The van der Waals surface area contributed by atoms with Crippen molar-refractivity contribution in [2.45, 2.75) is 0 Å². The van der Waals surface area contributed by atoms with E-state index < -0.39 is 4.92 Å². The Bertz CT molecular complexity index is 312. The van der Waals surface area contributed by atoms with Gasteiger partial charge in [-0.2, -0.15) is 0 Å². The van der Waals surface area contributed by atoms with E-state index in [-0.39, 0.29) is 11.4 Å². The van der Waals surface area contributed by atoms with Crippen LogP contribution >= 0.6 is 0 Å². The van der Waals surface area contributed by atoms with Gasteiger partial charge in [0.15, 0.2) is 0 Å². The maximum Gasteiger partial charge on any atom is 0.294 e. The Kier molecular flexibility index (Phi) is 2.11. The van der Waals surface area contributed by atoms with E-state index in [0.29, 0.717) is 5.69 Å². The molecule has 6 nitrogen and oxygen atoms in total. The molecule has 0 bridgehead atoms. The van der Waals surface area contributed by atoms with Crippen molar-refractivity contribution in [1.29, 1.82) is 0 Å². The maximum atomic E-state index is 10.3. The lowest BCUT2D eigenvalue weighted by Gasteiger charge is -2.00. The largest absolute Gasteiger partial charge is 0.393 e. The molecule has 1 aromatic carbocycles. The molecule has 0 heterocycles. The molecule has 0 aliphatic carbocycles. The summed E-state index contributed by atoms with van der Waals surface area (Å²) in [5, 5.41) is 10.3. The first-order valence-corrected chi connectivity index (χ1v) is 3.15. The number of nitrogens with zero attached hydrogens (tertiary/aromatic N) is 1. The molecule has 0 aromatic heterocycles. The molecule has 0 spiro atoms. The summed E-state index contributed by atoms with van der Waals surface area (Å²) in [6, 6.07) is 4.25. The topological polar surface area (TPSA) is 107 Å². The number of hydrazine groups is 1. The molecule has 6 heteroatoms. The number of benzene rings is 1. The molecular weight excluding hydrogens is 160 g/mol. The molecular formula is C6H8N4O2. The normalized spacial score (nSPS) is 9.42. The SMILES string of the molecule is NNc1ccc(N)c([N+](=O)[O-])c1. The average molecular weight is 168 g/mol. The first-order chi connectivity index (χ1) is 5.65. The Morgan fingerprint density at radius 3 is 2.67 bits per heavy atom. The molecule has 0 atom stereocenters. The lowest BCUT2D eigenvalue weighted by atomic mass is 10.2. The van der Waals surface area contributed by atoms with Gasteiger partial charge in [-0.05, 0) is 12.1 Å². The minimum atomic E-state index is -0.559. The Morgan fingerprint density at radius 2 is 2.17 bits per heavy atom. The number of anilines is 2. The van der Waals surface area contributed by atoms with Gasteiger partial charge in [0, 0.05) is 6.07 Å². The van der Waals surface area contributed by atoms with Crippen LogP contribution in [0.4, 0.5) is 17.1 Å². The molecule has 0 amide bonds. The second-order valence-electron chi connectivity index (χ2n) is 2.18. The third-order valence-electron chi connectivity index (χ3n) is 1.39. The van der Waals surface area contributed by atoms with E-state index in [1.54, 1.807) is 6.07 Å². The summed E-state index contributed by atoms with van der Waals surface area (Å²) in [4.78, 5) is 9.79. The van der Waals surface area contributed by atoms with E-state index in [9.17, 15) is 10.1 Å². The van der Waals surface area contributed by atoms with Crippen LogP contribution in [0.2, 0.25) is 0 Å². The predicted molar refractivity (Wildman–Crippen MR) is 45.3 cm³/mol. The molecule has 64 valence electrons. The third-order valence-corrected chi connectivity index (χ3v) is 1.39. The smallest absolute Gasteiger partial charge is 0.294 e. The Balaban J connectivity index is 3.17. The molecule has 0 saturated carbocycles. The fourth-order valence-electron chi connectivity index (χ4n) is 0.792. The van der Waals surface area contributed by atoms with Crippen molar-refractivity contribution in [1.82, 2.24) is 0 Å². The minimum absolute atomic E-state index is 0.124. The Labute approximate surface area is 68.3 Å². The highest BCUT2D eigenvalue weighted by Gasteiger charge is 2.10. The van der Waals surface area contributed by atoms with Crippen molar-refractivity contribution in [2.24, 2.45) is 5.84 Å². The second kappa shape index (κ2) is 3.05. The van der Waals surface area contributed by atoms with Gasteiger partial charge in [-0.3, -0.25) is 16.0 Å². The number of nitro benzene ring substituents is 1. The zero-order valence-electron chi connectivity index (χ0n) is 6.15. The van der Waals surface area contributed by atoms with Gasteiger partial charge in [0.25, 0.3) is 5.69 Å². The lowest BCUT2D eigenvalue weighted by molar-refractivity contribution is -0.383. The van der Waals surface area contributed by atoms with Crippen LogP contribution in [0.5, 0.6) is 0 Å². The summed E-state index contributed by atoms with van der Waals surface area (Å²) in [5.41, 5.74) is 8.06. The molecule has 0 fully saturated rings. The van der Waals surface area contributed by atoms with Crippen LogP contribution < -0.4 is 17.0 Å². The van der Waals surface area contributed by atoms with E-state index in [0.717, 1.165) is 0 Å². The monoisotopic (exact) mass is 168 g/mol. The number of nitro groups is 1. The number of hydrogen-bond donors (Lipinski definition) is 3. The van der Waals surface area contributed by atoms with Crippen molar-refractivity contribution in [3.05, 3.63) is 28.3 Å². The van der Waals surface area contributed by atoms with Crippen molar-refractivity contribution >= 4 is 17.1 Å². The maximum absolute atomic E-state index is 10.3. The predicted octanol–water partition coefficient (Wildman–Crippen LogP) is 0.463. The highest BCUT2D eigenvalue weighted by Crippen LogP contribution is 2.24. The van der Waals surface area contributed by atoms with Crippen molar-refractivity contribution in [3.63, 3.8) is 0 Å². The van der Waals surface area contributed by atoms with Gasteiger partial charge in [-0.15, -0.1) is 0 Å². The van der Waals surface area contributed by atoms with Gasteiger partial charge in [-0.25, -0.2) is 0 Å². The van der Waals surface area contributed by atoms with Crippen LogP contribution in [-0.2, 0) is 0 Å². The molecule has 0 radical (unpaired) electrons. The van der Waals surface area contributed by atoms with Crippen LogP contribution in [0.15, 0.2) is 18.2 Å². The number of rotatable bonds is 2. The summed E-state index contributed by atoms with van der Waals surface area (Å²) >= 11 is 0. The van der Waals surface area contributed by atoms with Crippen molar-refractivity contribution in [3.8, 4) is 0 Å². The van der Waals surface area contributed by atoms with E-state index >= 15 is 0 Å². The van der Waals surface area contributed by atoms with Gasteiger partial charge in [0.05, 0.1) is 10.6 Å². The van der Waals surface area contributed by atoms with Gasteiger partial charge >= 0.3 is 0 Å². The van der Waals surface area contributed by atoms with Crippen LogP contribution in [-0.4, -0.2) is 4.92 Å². The number of hydrogen-bond acceptors (Lipinski definition) is 5. The second-order valence-corrected chi connectivity index (χ2v) is 2.18. The summed E-state index contributed by atoms with van der Waals surface area (Å²) in [6.45, 7) is 0. The first-order valence-electron chi connectivity index (χ1n) is 3.15.